The SMILES string of the molecule is Cc1ccc(-c2cccc3[nH]c(N)nc23)c(-c2nn[nH]n2)c1S(N)(=O)=O.Cc1ccc(C2CCC(CCN)CC2)c(-c2nn[nH]n2)c1S(N)(=O)=O.Cc1ccc(C2CCn3cncc3C2)c(-c2nn[nH]n2)c1S(N)(=O)=O.Nc1nc2c(-c3ccc(CC4CCC4)c(S(N)(=O)=O)c3C3=NCN=N3)cccc2s1.Nc1nc2c(-c3ccc(CC4CCNCC4)c(S(N)(=O)=O)c3C3=NCN=N3)cccc2s1. The number of piperidine rings is 1. The van der Waals surface area contributed by atoms with E-state index in [1.807, 2.05) is 110 Å². The third kappa shape index (κ3) is 20.7. The van der Waals surface area contributed by atoms with Crippen LogP contribution in [0.4, 0.5) is 16.2 Å². The Labute approximate surface area is 799 Å². The summed E-state index contributed by atoms with van der Waals surface area (Å²) in [6, 6.07) is 35.4. The van der Waals surface area contributed by atoms with Crippen LogP contribution in [0.2, 0.25) is 0 Å². The number of aromatic nitrogens is 18. The lowest BCUT2D eigenvalue weighted by Gasteiger charge is -2.30. The summed E-state index contributed by atoms with van der Waals surface area (Å²) >= 11 is 2.76. The molecule has 0 bridgehead atoms. The molecule has 21 rings (SSSR count). The maximum absolute atomic E-state index is 12.9. The van der Waals surface area contributed by atoms with Gasteiger partial charge in [-0.15, -0.1) is 40.8 Å². The van der Waals surface area contributed by atoms with Gasteiger partial charge in [0.25, 0.3) is 0 Å². The molecule has 44 nitrogen and oxygen atoms in total. The van der Waals surface area contributed by atoms with Crippen molar-refractivity contribution in [3.05, 3.63) is 184 Å². The van der Waals surface area contributed by atoms with Gasteiger partial charge in [-0.1, -0.05) is 139 Å². The predicted octanol–water partition coefficient (Wildman–Crippen LogP) is 9.75. The van der Waals surface area contributed by atoms with Gasteiger partial charge >= 0.3 is 0 Å². The van der Waals surface area contributed by atoms with E-state index in [1.54, 1.807) is 39.0 Å². The molecular weight excluding hydrogens is 1910 g/mol. The highest BCUT2D eigenvalue weighted by molar-refractivity contribution is 7.90. The van der Waals surface area contributed by atoms with Gasteiger partial charge in [-0.05, 0) is 230 Å². The van der Waals surface area contributed by atoms with E-state index in [9.17, 15) is 42.1 Å². The van der Waals surface area contributed by atoms with Gasteiger partial charge in [0.2, 0.25) is 67.6 Å². The first-order valence-electron chi connectivity index (χ1n) is 43.9. The largest absolute Gasteiger partial charge is 0.375 e. The van der Waals surface area contributed by atoms with Crippen LogP contribution >= 0.6 is 22.7 Å². The number of para-hydroxylation sites is 3. The summed E-state index contributed by atoms with van der Waals surface area (Å²) in [5, 5.41) is 90.2. The minimum absolute atomic E-state index is 0.0584. The fraction of sp³-hybridized carbons (Fsp3) is 0.322. The molecule has 4 aliphatic heterocycles. The van der Waals surface area contributed by atoms with Crippen molar-refractivity contribution < 1.29 is 42.1 Å². The van der Waals surface area contributed by atoms with Gasteiger partial charge in [-0.2, -0.15) is 25.9 Å². The Hall–Kier alpha value is -13.2. The van der Waals surface area contributed by atoms with Crippen LogP contribution in [0.1, 0.15) is 138 Å². The minimum Gasteiger partial charge on any atom is -0.375 e. The van der Waals surface area contributed by atoms with E-state index in [0.717, 1.165) is 133 Å². The van der Waals surface area contributed by atoms with Crippen LogP contribution in [-0.2, 0) is 75.9 Å². The highest BCUT2D eigenvalue weighted by Gasteiger charge is 2.37. The van der Waals surface area contributed by atoms with Crippen molar-refractivity contribution in [2.45, 2.75) is 154 Å². The number of nitrogens with one attached hydrogen (secondary N) is 5. The van der Waals surface area contributed by atoms with Crippen LogP contribution in [0.5, 0.6) is 0 Å². The molecular formula is C87H98N34O10S7. The van der Waals surface area contributed by atoms with E-state index in [-0.39, 0.29) is 90.3 Å². The van der Waals surface area contributed by atoms with Crippen molar-refractivity contribution in [1.82, 2.24) is 96.7 Å². The molecule has 23 N–H and O–H groups in total. The van der Waals surface area contributed by atoms with Crippen LogP contribution < -0.4 is 53.9 Å². The summed E-state index contributed by atoms with van der Waals surface area (Å²) in [4.78, 5) is 29.3. The number of primary sulfonamides is 5. The van der Waals surface area contributed by atoms with Crippen molar-refractivity contribution in [2.75, 3.05) is 50.2 Å². The quantitative estimate of drug-likeness (QED) is 0.0318. The zero-order chi connectivity index (χ0) is 97.3. The molecule has 0 spiro atoms. The van der Waals surface area contributed by atoms with Crippen molar-refractivity contribution in [3.63, 3.8) is 0 Å². The Morgan fingerprint density at radius 2 is 0.884 bits per heavy atom. The second-order valence-electron chi connectivity index (χ2n) is 34.3. The number of H-pyrrole nitrogens is 4. The molecule has 138 heavy (non-hydrogen) atoms. The van der Waals surface area contributed by atoms with Crippen molar-refractivity contribution >= 4 is 132 Å². The number of thiazole rings is 2. The van der Waals surface area contributed by atoms with E-state index >= 15 is 0 Å². The smallest absolute Gasteiger partial charge is 0.239 e. The van der Waals surface area contributed by atoms with E-state index in [4.69, 9.17) is 48.6 Å². The van der Waals surface area contributed by atoms with Gasteiger partial charge in [-0.3, -0.25) is 0 Å². The first-order chi connectivity index (χ1) is 66.1. The lowest BCUT2D eigenvalue weighted by molar-refractivity contribution is 0.313. The number of rotatable bonds is 21. The highest BCUT2D eigenvalue weighted by Crippen LogP contribution is 2.48. The number of sulfonamides is 5. The number of hydrogen-bond donors (Lipinski definition) is 14. The van der Waals surface area contributed by atoms with Crippen molar-refractivity contribution in [1.29, 1.82) is 0 Å². The molecule has 2 aliphatic carbocycles. The van der Waals surface area contributed by atoms with Gasteiger partial charge in [0.05, 0.1) is 67.8 Å². The van der Waals surface area contributed by atoms with E-state index < -0.39 is 50.1 Å². The number of imidazole rings is 2. The summed E-state index contributed by atoms with van der Waals surface area (Å²) in [6.07, 6.45) is 17.1. The third-order valence-corrected chi connectivity index (χ3v) is 32.4. The van der Waals surface area contributed by atoms with Crippen LogP contribution in [0.15, 0.2) is 183 Å². The average Bonchev–Trinajstić information content (AvgIpc) is 1.64. The van der Waals surface area contributed by atoms with Gasteiger partial charge in [0.15, 0.2) is 41.2 Å². The van der Waals surface area contributed by atoms with Crippen LogP contribution in [-0.4, -0.2) is 178 Å². The maximum Gasteiger partial charge on any atom is 0.239 e. The molecule has 2 saturated carbocycles. The molecule has 3 fully saturated rings. The maximum atomic E-state index is 12.9. The highest BCUT2D eigenvalue weighted by atomic mass is 32.2. The Bertz CT molecular complexity index is 7880. The minimum atomic E-state index is -4.07. The van der Waals surface area contributed by atoms with Gasteiger partial charge in [0.1, 0.15) is 0 Å². The van der Waals surface area contributed by atoms with Crippen molar-refractivity contribution in [2.24, 2.45) is 79.6 Å². The Balaban J connectivity index is 0.000000120. The third-order valence-electron chi connectivity index (χ3n) is 25.3. The fourth-order valence-corrected chi connectivity index (χ4v) is 25.6. The standard InChI is InChI=1S/C21H23N7O2S2.C20H20N6O2S2.C16H24N6O2S.C15H14N8O2S.C15H17N7O2S/c22-21-27-18-15(2-1-3-16(18)31-21)14-5-4-13(10-12-6-8-24-9-7-12)19(32(23,29)30)17(14)20-25-11-26-28-20;21-20-25-17-14(5-2-6-15(17)29-20)13-8-7-12(9-11-3-1-4-11)18(30(22,27)28)16(13)19-23-10-24-26-19;1-10-2-7-13(12-5-3-11(4-6-12)8-9-17)14(15(10)25(18,23)24)16-19-21-22-20-16;1-7-5-6-8(9-3-2-4-10-12(9)19-15(16)18-10)11(13(7)26(17,24)25)14-20-22-23-21-14;1-9-2-3-12(10-4-5-22-8-17-7-11(22)6-10)13(14(9)25(16,23)24)15-18-20-21-19-15/h1-5,12,24H,6-11H2,(H2,22,27)(H2,23,29,30);2,5-8,11H,1,3-4,9-10H2,(H2,21,25)(H2,22,27,28);2,7,11-12H,3-6,8-9,17H2,1H3,(H2,18,23,24)(H,19,20,21,22);2-6H,1H3,(H3,16,18,19)(H2,17,24,25)(H,20,21,22,23);2-3,7-8,10H,4-6H2,1H3,(H2,16,23,24)(H,18,19,20,21). The molecule has 11 heterocycles. The Kier molecular flexibility index (Phi) is 28.1. The number of amidine groups is 2. The number of aliphatic imine (C=N–C) groups is 2. The number of hydrogen-bond acceptors (Lipinski definition) is 36. The summed E-state index contributed by atoms with van der Waals surface area (Å²) in [6.45, 7) is 8.80. The number of nitrogens with zero attached hydrogens (tertiary/aromatic N) is 20. The Morgan fingerprint density at radius 3 is 1.33 bits per heavy atom. The molecule has 0 radical (unpaired) electrons. The number of aryl methyl sites for hydroxylation is 4. The molecule has 1 atom stereocenters. The summed E-state index contributed by atoms with van der Waals surface area (Å²) < 4.78 is 129. The van der Waals surface area contributed by atoms with Gasteiger partial charge in [0, 0.05) is 57.4 Å². The normalized spacial score (nSPS) is 16.9. The Morgan fingerprint density at radius 1 is 0.442 bits per heavy atom. The number of azo groups is 2. The van der Waals surface area contributed by atoms with E-state index in [0.29, 0.717) is 136 Å². The number of nitrogen functional groups attached to an aromatic ring is 3. The summed E-state index contributed by atoms with van der Waals surface area (Å²) in [5.74, 6) is 3.32. The molecule has 15 aromatic rings. The number of aromatic amines is 4. The van der Waals surface area contributed by atoms with Crippen LogP contribution in [0.25, 0.3) is 99.0 Å². The zero-order valence-electron chi connectivity index (χ0n) is 74.7. The molecule has 1 saturated heterocycles. The number of anilines is 3. The lowest BCUT2D eigenvalue weighted by Crippen LogP contribution is -2.29. The monoisotopic (exact) mass is 2000 g/mol. The van der Waals surface area contributed by atoms with E-state index in [2.05, 4.69) is 127 Å². The molecule has 718 valence electrons. The first kappa shape index (κ1) is 96.5. The molecule has 8 aromatic carbocycles. The number of benzene rings is 8. The second kappa shape index (κ2) is 40.1. The summed E-state index contributed by atoms with van der Waals surface area (Å²) in [5.41, 5.74) is 38.0. The van der Waals surface area contributed by atoms with Crippen LogP contribution in [0, 0.1) is 38.5 Å². The number of nitrogens with two attached hydrogens (primary N) is 9. The molecule has 1 unspecified atom stereocenters. The second-order valence-corrected chi connectivity index (χ2v) is 43.9. The number of fused-ring (bicyclic) bond motifs is 4. The molecule has 6 aliphatic rings. The van der Waals surface area contributed by atoms with E-state index in [1.165, 1.54) is 29.1 Å². The van der Waals surface area contributed by atoms with Gasteiger partial charge < -0.3 is 37.8 Å². The summed E-state index contributed by atoms with van der Waals surface area (Å²) in [7, 11) is -20.0. The molecule has 7 aromatic heterocycles. The predicted molar refractivity (Wildman–Crippen MR) is 523 cm³/mol. The van der Waals surface area contributed by atoms with Crippen molar-refractivity contribution in [3.8, 4) is 67.5 Å². The zero-order valence-corrected chi connectivity index (χ0v) is 80.4. The molecule has 0 amide bonds. The molecule has 51 heteroatoms. The first-order valence-corrected chi connectivity index (χ1v) is 53.3. The lowest BCUT2D eigenvalue weighted by atomic mass is 9.76. The van der Waals surface area contributed by atoms with Crippen LogP contribution in [0.3, 0.4) is 0 Å². The van der Waals surface area contributed by atoms with Gasteiger partial charge in [-0.25, -0.2) is 97.7 Å². The average molecular weight is 2000 g/mol. The fourth-order valence-electron chi connectivity index (χ4n) is 19.1. The number of tetrazole rings is 3. The topological polar surface area (TPSA) is 727 Å².